The Hall–Kier alpha value is -3.76. The Kier molecular flexibility index (Phi) is 14.1. The van der Waals surface area contributed by atoms with Crippen molar-refractivity contribution in [2.45, 2.75) is 89.9 Å². The molecule has 0 saturated heterocycles. The molecule has 2 rings (SSSR count). The van der Waals surface area contributed by atoms with Gasteiger partial charge in [-0.15, -0.1) is 0 Å². The highest BCUT2D eigenvalue weighted by Crippen LogP contribution is 2.26. The van der Waals surface area contributed by atoms with Gasteiger partial charge in [0.2, 0.25) is 17.7 Å². The molecule has 0 radical (unpaired) electrons. The number of hydrogen-bond donors (Lipinski definition) is 6. The van der Waals surface area contributed by atoms with Crippen LogP contribution in [0.1, 0.15) is 64.0 Å². The third-order valence-corrected chi connectivity index (χ3v) is 7.46. The number of nitrogens with two attached hydrogens (primary N) is 2. The first kappa shape index (κ1) is 34.4. The van der Waals surface area contributed by atoms with Crippen LogP contribution in [0.3, 0.4) is 0 Å². The largest absolute Gasteiger partial charge is 0.480 e. The molecule has 4 atom stereocenters. The minimum Gasteiger partial charge on any atom is -0.480 e. The maximum absolute atomic E-state index is 13.7. The Morgan fingerprint density at radius 1 is 0.762 bits per heavy atom. The molecule has 42 heavy (non-hydrogen) atoms. The van der Waals surface area contributed by atoms with Crippen molar-refractivity contribution < 1.29 is 24.3 Å². The lowest BCUT2D eigenvalue weighted by molar-refractivity contribution is -0.142. The van der Waals surface area contributed by atoms with Gasteiger partial charge in [0.1, 0.15) is 18.1 Å². The molecule has 0 saturated carbocycles. The van der Waals surface area contributed by atoms with Crippen molar-refractivity contribution in [3.63, 3.8) is 0 Å². The number of carbonyl (C=O) groups excluding carboxylic acids is 3. The van der Waals surface area contributed by atoms with Crippen LogP contribution in [-0.4, -0.2) is 59.5 Å². The number of benzene rings is 2. The van der Waals surface area contributed by atoms with Gasteiger partial charge in [0, 0.05) is 6.42 Å². The van der Waals surface area contributed by atoms with Gasteiger partial charge in [0.25, 0.3) is 0 Å². The van der Waals surface area contributed by atoms with Gasteiger partial charge in [-0.1, -0.05) is 87.9 Å². The molecular formula is C32H47N5O5. The van der Waals surface area contributed by atoms with Crippen molar-refractivity contribution in [1.29, 1.82) is 0 Å². The lowest BCUT2D eigenvalue weighted by Crippen LogP contribution is -2.58. The normalized spacial score (nSPS) is 14.2. The van der Waals surface area contributed by atoms with Gasteiger partial charge in [-0.3, -0.25) is 14.4 Å². The number of aliphatic carboxylic acids is 1. The molecule has 0 bridgehead atoms. The zero-order chi connectivity index (χ0) is 31.1. The fourth-order valence-electron chi connectivity index (χ4n) is 4.50. The Balaban J connectivity index is 2.26. The predicted molar refractivity (Wildman–Crippen MR) is 163 cm³/mol. The molecule has 0 aliphatic rings. The smallest absolute Gasteiger partial charge is 0.326 e. The zero-order valence-electron chi connectivity index (χ0n) is 25.0. The molecule has 8 N–H and O–H groups in total. The summed E-state index contributed by atoms with van der Waals surface area (Å²) in [5.41, 5.74) is 13.1. The zero-order valence-corrected chi connectivity index (χ0v) is 25.0. The maximum Gasteiger partial charge on any atom is 0.326 e. The molecule has 10 nitrogen and oxygen atoms in total. The van der Waals surface area contributed by atoms with Crippen LogP contribution in [0.15, 0.2) is 60.7 Å². The number of rotatable bonds is 18. The van der Waals surface area contributed by atoms with Crippen LogP contribution in [-0.2, 0) is 32.0 Å². The number of carbonyl (C=O) groups is 4. The number of carboxylic acids is 1. The van der Waals surface area contributed by atoms with Crippen LogP contribution in [0.2, 0.25) is 0 Å². The third-order valence-electron chi connectivity index (χ3n) is 7.46. The second kappa shape index (κ2) is 17.3. The summed E-state index contributed by atoms with van der Waals surface area (Å²) in [6.07, 6.45) is 2.87. The van der Waals surface area contributed by atoms with Crippen LogP contribution >= 0.6 is 0 Å². The van der Waals surface area contributed by atoms with E-state index < -0.39 is 47.9 Å². The highest BCUT2D eigenvalue weighted by atomic mass is 16.4. The second-order valence-corrected chi connectivity index (χ2v) is 11.5. The lowest BCUT2D eigenvalue weighted by atomic mass is 9.83. The molecule has 0 heterocycles. The highest BCUT2D eigenvalue weighted by Gasteiger charge is 2.33. The maximum atomic E-state index is 13.7. The summed E-state index contributed by atoms with van der Waals surface area (Å²) in [7, 11) is 0. The van der Waals surface area contributed by atoms with Crippen molar-refractivity contribution in [3.05, 3.63) is 71.8 Å². The summed E-state index contributed by atoms with van der Waals surface area (Å²) >= 11 is 0. The lowest BCUT2D eigenvalue weighted by Gasteiger charge is -2.31. The molecule has 230 valence electrons. The van der Waals surface area contributed by atoms with Crippen LogP contribution in [0, 0.1) is 5.41 Å². The van der Waals surface area contributed by atoms with Crippen molar-refractivity contribution in [2.75, 3.05) is 6.54 Å². The van der Waals surface area contributed by atoms with Crippen molar-refractivity contribution >= 4 is 23.7 Å². The van der Waals surface area contributed by atoms with E-state index in [0.29, 0.717) is 25.8 Å². The summed E-state index contributed by atoms with van der Waals surface area (Å²) in [5.74, 6) is -2.78. The van der Waals surface area contributed by atoms with Gasteiger partial charge in [0.15, 0.2) is 0 Å². The monoisotopic (exact) mass is 581 g/mol. The van der Waals surface area contributed by atoms with E-state index in [9.17, 15) is 24.3 Å². The van der Waals surface area contributed by atoms with E-state index in [4.69, 9.17) is 11.5 Å². The van der Waals surface area contributed by atoms with Gasteiger partial charge in [-0.2, -0.15) is 0 Å². The summed E-state index contributed by atoms with van der Waals surface area (Å²) in [6, 6.07) is 14.5. The first-order valence-corrected chi connectivity index (χ1v) is 14.6. The fraction of sp³-hybridized carbons (Fsp3) is 0.500. The Morgan fingerprint density at radius 3 is 1.79 bits per heavy atom. The van der Waals surface area contributed by atoms with E-state index in [1.54, 1.807) is 0 Å². The number of nitrogens with one attached hydrogen (secondary N) is 3. The van der Waals surface area contributed by atoms with Gasteiger partial charge < -0.3 is 32.5 Å². The fourth-order valence-corrected chi connectivity index (χ4v) is 4.50. The molecule has 10 heteroatoms. The topological polar surface area (TPSA) is 177 Å². The molecule has 0 aliphatic carbocycles. The van der Waals surface area contributed by atoms with Crippen molar-refractivity contribution in [1.82, 2.24) is 16.0 Å². The molecule has 0 spiro atoms. The molecule has 0 aromatic heterocycles. The van der Waals surface area contributed by atoms with E-state index in [1.165, 1.54) is 0 Å². The summed E-state index contributed by atoms with van der Waals surface area (Å²) in [6.45, 7) is 6.35. The summed E-state index contributed by atoms with van der Waals surface area (Å²) in [4.78, 5) is 52.1. The Bertz CT molecular complexity index is 1140. The standard InChI is InChI=1S/C32H47N5O5/c1-4-32(2,3)21-27(30(40)35-25(31(41)42)17-11-12-18-33)37-29(39)26(20-23-15-9-6-10-16-23)36-28(38)24(34)19-22-13-7-5-8-14-22/h5-10,13-16,24-27H,4,11-12,17-21,33-34H2,1-3H3,(H,35,40)(H,36,38)(H,37,39)(H,41,42)/t24-,25-,26-,27-/m1/s1. The van der Waals surface area contributed by atoms with Gasteiger partial charge in [0.05, 0.1) is 6.04 Å². The van der Waals surface area contributed by atoms with E-state index in [-0.39, 0.29) is 24.7 Å². The van der Waals surface area contributed by atoms with Gasteiger partial charge in [-0.25, -0.2) is 4.79 Å². The van der Waals surface area contributed by atoms with E-state index in [2.05, 4.69) is 16.0 Å². The van der Waals surface area contributed by atoms with Crippen molar-refractivity contribution in [3.8, 4) is 0 Å². The molecular weight excluding hydrogens is 534 g/mol. The van der Waals surface area contributed by atoms with Gasteiger partial charge >= 0.3 is 5.97 Å². The predicted octanol–water partition coefficient (Wildman–Crippen LogP) is 2.29. The summed E-state index contributed by atoms with van der Waals surface area (Å²) in [5, 5.41) is 17.9. The van der Waals surface area contributed by atoms with E-state index in [1.807, 2.05) is 81.4 Å². The molecule has 2 aromatic rings. The Labute approximate surface area is 249 Å². The number of carboxylic acid groups (broad SMARTS) is 1. The van der Waals surface area contributed by atoms with Crippen molar-refractivity contribution in [2.24, 2.45) is 16.9 Å². The van der Waals surface area contributed by atoms with Crippen LogP contribution in [0.25, 0.3) is 0 Å². The number of hydrogen-bond acceptors (Lipinski definition) is 6. The molecule has 2 aromatic carbocycles. The second-order valence-electron chi connectivity index (χ2n) is 11.5. The average Bonchev–Trinajstić information content (AvgIpc) is 2.96. The first-order chi connectivity index (χ1) is 20.0. The molecule has 3 amide bonds. The SMILES string of the molecule is CCC(C)(C)C[C@@H](NC(=O)[C@@H](Cc1ccccc1)NC(=O)[C@H](N)Cc1ccccc1)C(=O)N[C@H](CCCCN)C(=O)O. The summed E-state index contributed by atoms with van der Waals surface area (Å²) < 4.78 is 0. The Morgan fingerprint density at radius 2 is 1.26 bits per heavy atom. The molecule has 0 unspecified atom stereocenters. The minimum atomic E-state index is -1.15. The third kappa shape index (κ3) is 12.0. The molecule has 0 fully saturated rings. The number of unbranched alkanes of at least 4 members (excludes halogenated alkanes) is 1. The average molecular weight is 582 g/mol. The number of amides is 3. The van der Waals surface area contributed by atoms with Crippen LogP contribution in [0.5, 0.6) is 0 Å². The minimum absolute atomic E-state index is 0.179. The van der Waals surface area contributed by atoms with Gasteiger partial charge in [-0.05, 0) is 55.2 Å². The first-order valence-electron chi connectivity index (χ1n) is 14.6. The van der Waals surface area contributed by atoms with Crippen LogP contribution in [0.4, 0.5) is 0 Å². The molecule has 0 aliphatic heterocycles. The quantitative estimate of drug-likeness (QED) is 0.146. The van der Waals surface area contributed by atoms with E-state index in [0.717, 1.165) is 17.5 Å². The highest BCUT2D eigenvalue weighted by molar-refractivity contribution is 5.94. The van der Waals surface area contributed by atoms with E-state index >= 15 is 0 Å². The van der Waals surface area contributed by atoms with Crippen LogP contribution < -0.4 is 27.4 Å².